The molecule has 10 heteroatoms. The van der Waals surface area contributed by atoms with Crippen LogP contribution >= 0.6 is 0 Å². The van der Waals surface area contributed by atoms with E-state index in [-0.39, 0.29) is 35.7 Å². The van der Waals surface area contributed by atoms with Crippen molar-refractivity contribution in [1.82, 2.24) is 9.47 Å². The molecule has 1 saturated carbocycles. The number of nitrogens with one attached hydrogen (secondary N) is 1. The number of primary amides is 1. The van der Waals surface area contributed by atoms with Crippen LogP contribution in [0.1, 0.15) is 91.4 Å². The molecule has 3 N–H and O–H groups in total. The number of likely N-dealkylation sites (N-methyl/N-ethyl adjacent to an activating group) is 1. The molecule has 1 aromatic carbocycles. The summed E-state index contributed by atoms with van der Waals surface area (Å²) in [5, 5.41) is 3.52. The minimum absolute atomic E-state index is 0.00991. The van der Waals surface area contributed by atoms with Gasteiger partial charge in [0.05, 0.1) is 12.0 Å². The first-order chi connectivity index (χ1) is 19.7. The zero-order valence-electron chi connectivity index (χ0n) is 25.6. The number of aryl methyl sites for hydroxylation is 1. The third-order valence-corrected chi connectivity index (χ3v) is 8.03. The summed E-state index contributed by atoms with van der Waals surface area (Å²) in [5.41, 5.74) is 10.3. The Kier molecular flexibility index (Phi) is 9.45. The second kappa shape index (κ2) is 12.7. The normalized spacial score (nSPS) is 20.5. The number of amides is 1. The molecule has 2 aliphatic carbocycles. The molecule has 0 bridgehead atoms. The number of rotatable bonds is 10. The zero-order valence-corrected chi connectivity index (χ0v) is 25.6. The number of fused-ring (bicyclic) bond motifs is 1. The predicted octanol–water partition coefficient (Wildman–Crippen LogP) is 4.19. The molecule has 1 heterocycles. The van der Waals surface area contributed by atoms with Crippen molar-refractivity contribution in [3.05, 3.63) is 46.8 Å². The minimum Gasteiger partial charge on any atom is -0.462 e. The van der Waals surface area contributed by atoms with Gasteiger partial charge in [-0.15, -0.1) is 0 Å². The first-order valence-corrected chi connectivity index (χ1v) is 14.7. The molecule has 0 aliphatic heterocycles. The topological polar surface area (TPSA) is 133 Å². The van der Waals surface area contributed by atoms with E-state index in [1.807, 2.05) is 44.1 Å². The second-order valence-corrected chi connectivity index (χ2v) is 12.8. The van der Waals surface area contributed by atoms with Crippen molar-refractivity contribution in [3.8, 4) is 5.69 Å². The smallest absolute Gasteiger partial charge is 0.309 e. The lowest BCUT2D eigenvalue weighted by molar-refractivity contribution is -0.158. The Balaban J connectivity index is 1.44. The fraction of sp³-hybridized carbons (Fsp3) is 0.562. The van der Waals surface area contributed by atoms with Gasteiger partial charge in [0, 0.05) is 54.3 Å². The van der Waals surface area contributed by atoms with Gasteiger partial charge in [0.15, 0.2) is 5.78 Å². The van der Waals surface area contributed by atoms with E-state index >= 15 is 0 Å². The lowest BCUT2D eigenvalue weighted by Crippen LogP contribution is -2.35. The maximum Gasteiger partial charge on any atom is 0.309 e. The molecule has 0 spiro atoms. The number of ether oxygens (including phenoxy) is 2. The number of esters is 2. The van der Waals surface area contributed by atoms with Crippen LogP contribution in [0.15, 0.2) is 24.3 Å². The molecule has 1 amide bonds. The van der Waals surface area contributed by atoms with Gasteiger partial charge < -0.3 is 30.0 Å². The van der Waals surface area contributed by atoms with Crippen LogP contribution < -0.4 is 11.1 Å². The van der Waals surface area contributed by atoms with E-state index in [4.69, 9.17) is 15.2 Å². The summed E-state index contributed by atoms with van der Waals surface area (Å²) in [5.74, 6) is -1.17. The first kappa shape index (κ1) is 31.3. The summed E-state index contributed by atoms with van der Waals surface area (Å²) in [7, 11) is 3.70. The molecule has 2 aromatic rings. The van der Waals surface area contributed by atoms with Gasteiger partial charge in [-0.25, -0.2) is 0 Å². The number of anilines is 1. The summed E-state index contributed by atoms with van der Waals surface area (Å²) < 4.78 is 13.1. The molecule has 10 nitrogen and oxygen atoms in total. The standard InChI is InChI=1S/C32H44N4O6/c1-19-13-26-28(16-32(3,4)17-29(26)38)36(19)22-9-12-25(31(33)40)27(14-22)34-21-7-10-23(11-8-21)42-30(39)15-24(18-35(5)6)41-20(2)37/h9,12-14,21,23-24,34H,7-8,10-11,15-18H2,1-6H3,(H2,33,40)/t21-,23-,24?. The lowest BCUT2D eigenvalue weighted by atomic mass is 9.76. The minimum atomic E-state index is -0.554. The summed E-state index contributed by atoms with van der Waals surface area (Å²) in [6.45, 7) is 7.98. The zero-order chi connectivity index (χ0) is 30.8. The average Bonchev–Trinajstić information content (AvgIpc) is 3.19. The number of aromatic nitrogens is 1. The Hall–Kier alpha value is -3.66. The Morgan fingerprint density at radius 2 is 1.81 bits per heavy atom. The van der Waals surface area contributed by atoms with E-state index in [2.05, 4.69) is 23.7 Å². The molecule has 2 aliphatic rings. The van der Waals surface area contributed by atoms with Crippen LogP contribution in [0, 0.1) is 12.3 Å². The van der Waals surface area contributed by atoms with Crippen LogP contribution in [0.25, 0.3) is 5.69 Å². The number of carbonyl (C=O) groups is 4. The van der Waals surface area contributed by atoms with Gasteiger partial charge in [0.2, 0.25) is 0 Å². The first-order valence-electron chi connectivity index (χ1n) is 14.7. The molecular weight excluding hydrogens is 536 g/mol. The van der Waals surface area contributed by atoms with Crippen LogP contribution in [0.5, 0.6) is 0 Å². The monoisotopic (exact) mass is 580 g/mol. The van der Waals surface area contributed by atoms with Gasteiger partial charge in [-0.1, -0.05) is 13.8 Å². The van der Waals surface area contributed by atoms with Gasteiger partial charge in [-0.2, -0.15) is 0 Å². The number of Topliss-reactive ketones (excluding diaryl/α,β-unsaturated/α-hetero) is 1. The van der Waals surface area contributed by atoms with E-state index in [1.165, 1.54) is 6.92 Å². The Morgan fingerprint density at radius 3 is 2.43 bits per heavy atom. The molecule has 1 fully saturated rings. The van der Waals surface area contributed by atoms with Crippen molar-refractivity contribution >= 4 is 29.3 Å². The van der Waals surface area contributed by atoms with E-state index < -0.39 is 18.0 Å². The fourth-order valence-corrected chi connectivity index (χ4v) is 6.27. The van der Waals surface area contributed by atoms with Crippen molar-refractivity contribution in [2.24, 2.45) is 11.1 Å². The summed E-state index contributed by atoms with van der Waals surface area (Å²) >= 11 is 0. The number of hydrogen-bond acceptors (Lipinski definition) is 8. The highest BCUT2D eigenvalue weighted by atomic mass is 16.6. The number of carbonyl (C=O) groups excluding carboxylic acids is 4. The largest absolute Gasteiger partial charge is 0.462 e. The third kappa shape index (κ3) is 7.59. The second-order valence-electron chi connectivity index (χ2n) is 12.8. The maximum atomic E-state index is 12.9. The molecule has 42 heavy (non-hydrogen) atoms. The molecule has 0 radical (unpaired) electrons. The van der Waals surface area contributed by atoms with Crippen molar-refractivity contribution in [1.29, 1.82) is 0 Å². The number of nitrogens with two attached hydrogens (primary N) is 1. The van der Waals surface area contributed by atoms with E-state index in [0.29, 0.717) is 37.1 Å². The molecule has 1 atom stereocenters. The highest BCUT2D eigenvalue weighted by molar-refractivity contribution is 6.00. The fourth-order valence-electron chi connectivity index (χ4n) is 6.27. The van der Waals surface area contributed by atoms with Crippen molar-refractivity contribution in [3.63, 3.8) is 0 Å². The van der Waals surface area contributed by atoms with E-state index in [0.717, 1.165) is 41.9 Å². The summed E-state index contributed by atoms with van der Waals surface area (Å²) in [6.07, 6.45) is 3.36. The number of hydrogen-bond donors (Lipinski definition) is 2. The van der Waals surface area contributed by atoms with Crippen molar-refractivity contribution in [2.45, 2.75) is 90.9 Å². The molecule has 1 unspecified atom stereocenters. The third-order valence-electron chi connectivity index (χ3n) is 8.03. The van der Waals surface area contributed by atoms with Crippen LogP contribution in [-0.4, -0.2) is 72.0 Å². The van der Waals surface area contributed by atoms with E-state index in [1.54, 1.807) is 6.07 Å². The summed E-state index contributed by atoms with van der Waals surface area (Å²) in [4.78, 5) is 51.1. The van der Waals surface area contributed by atoms with E-state index in [9.17, 15) is 19.2 Å². The van der Waals surface area contributed by atoms with Crippen LogP contribution in [0.4, 0.5) is 5.69 Å². The highest BCUT2D eigenvalue weighted by Gasteiger charge is 2.34. The lowest BCUT2D eigenvalue weighted by Gasteiger charge is -2.31. The van der Waals surface area contributed by atoms with Crippen LogP contribution in [0.3, 0.4) is 0 Å². The Morgan fingerprint density at radius 1 is 1.12 bits per heavy atom. The predicted molar refractivity (Wildman–Crippen MR) is 160 cm³/mol. The average molecular weight is 581 g/mol. The van der Waals surface area contributed by atoms with Gasteiger partial charge in [0.1, 0.15) is 12.2 Å². The maximum absolute atomic E-state index is 12.9. The van der Waals surface area contributed by atoms with Gasteiger partial charge >= 0.3 is 11.9 Å². The van der Waals surface area contributed by atoms with Gasteiger partial charge in [0.25, 0.3) is 5.91 Å². The molecule has 1 aromatic heterocycles. The molecular formula is C32H44N4O6. The quantitative estimate of drug-likeness (QED) is 0.400. The van der Waals surface area contributed by atoms with Crippen molar-refractivity contribution in [2.75, 3.05) is 26.0 Å². The summed E-state index contributed by atoms with van der Waals surface area (Å²) in [6, 6.07) is 7.57. The Bertz CT molecular complexity index is 1350. The van der Waals surface area contributed by atoms with Gasteiger partial charge in [-0.3, -0.25) is 19.2 Å². The Labute approximate surface area is 247 Å². The SMILES string of the molecule is CC(=O)OC(CC(=O)O[C@H]1CC[C@H](Nc2cc(-n3c(C)cc4c3CC(C)(C)CC4=O)ccc2C(N)=O)CC1)CN(C)C. The van der Waals surface area contributed by atoms with Crippen LogP contribution in [-0.2, 0) is 25.5 Å². The highest BCUT2D eigenvalue weighted by Crippen LogP contribution is 2.38. The molecule has 4 rings (SSSR count). The van der Waals surface area contributed by atoms with Crippen LogP contribution in [0.2, 0.25) is 0 Å². The number of ketones is 1. The van der Waals surface area contributed by atoms with Gasteiger partial charge in [-0.05, 0) is 82.8 Å². The molecule has 228 valence electrons. The number of nitrogens with zero attached hydrogens (tertiary/aromatic N) is 2. The van der Waals surface area contributed by atoms with Crippen molar-refractivity contribution < 1.29 is 28.7 Å². The number of benzene rings is 1. The molecule has 0 saturated heterocycles.